The maximum absolute atomic E-state index is 12.2. The van der Waals surface area contributed by atoms with E-state index in [1.54, 1.807) is 23.6 Å². The molecule has 0 aromatic rings. The summed E-state index contributed by atoms with van der Waals surface area (Å²) in [5.41, 5.74) is 5.07. The van der Waals surface area contributed by atoms with E-state index in [4.69, 9.17) is 10.8 Å². The van der Waals surface area contributed by atoms with Gasteiger partial charge in [-0.3, -0.25) is 9.59 Å². The average Bonchev–Trinajstić information content (AvgIpc) is 2.31. The molecule has 1 fully saturated rings. The summed E-state index contributed by atoms with van der Waals surface area (Å²) in [6, 6.07) is -1.35. The zero-order valence-corrected chi connectivity index (χ0v) is 12.5. The molecule has 20 heavy (non-hydrogen) atoms. The number of urea groups is 1. The highest BCUT2D eigenvalue weighted by molar-refractivity contribution is 7.98. The van der Waals surface area contributed by atoms with E-state index in [1.165, 1.54) is 0 Å². The van der Waals surface area contributed by atoms with E-state index in [0.717, 1.165) is 5.75 Å². The predicted octanol–water partition coefficient (Wildman–Crippen LogP) is -0.0445. The standard InChI is InChI=1S/C12H21N3O4S/c1-7(11(17)18)8-5-15(6-8)10(16)9(3-4-20-2)14-12(13)19/h7-9H,3-6H2,1-2H3,(H,17,18)(H3,13,14,19). The van der Waals surface area contributed by atoms with Gasteiger partial charge in [-0.05, 0) is 18.4 Å². The van der Waals surface area contributed by atoms with Crippen molar-refractivity contribution in [2.45, 2.75) is 19.4 Å². The number of amides is 3. The molecule has 3 amide bonds. The molecule has 2 atom stereocenters. The van der Waals surface area contributed by atoms with Gasteiger partial charge in [0.25, 0.3) is 0 Å². The van der Waals surface area contributed by atoms with Crippen LogP contribution in [0.4, 0.5) is 4.79 Å². The monoisotopic (exact) mass is 303 g/mol. The summed E-state index contributed by atoms with van der Waals surface area (Å²) >= 11 is 1.58. The van der Waals surface area contributed by atoms with Crippen LogP contribution in [0.1, 0.15) is 13.3 Å². The maximum atomic E-state index is 12.2. The first kappa shape index (κ1) is 16.6. The normalized spacial score (nSPS) is 18.0. The molecule has 114 valence electrons. The van der Waals surface area contributed by atoms with Gasteiger partial charge in [0.05, 0.1) is 5.92 Å². The zero-order chi connectivity index (χ0) is 15.3. The lowest BCUT2D eigenvalue weighted by molar-refractivity contribution is -0.151. The molecule has 0 aromatic carbocycles. The summed E-state index contributed by atoms with van der Waals surface area (Å²) in [6.07, 6.45) is 2.43. The number of likely N-dealkylation sites (tertiary alicyclic amines) is 1. The smallest absolute Gasteiger partial charge is 0.312 e. The van der Waals surface area contributed by atoms with Crippen LogP contribution >= 0.6 is 11.8 Å². The maximum Gasteiger partial charge on any atom is 0.312 e. The highest BCUT2D eigenvalue weighted by atomic mass is 32.2. The second kappa shape index (κ2) is 7.37. The lowest BCUT2D eigenvalue weighted by atomic mass is 9.86. The molecule has 1 aliphatic heterocycles. The molecule has 0 aromatic heterocycles. The fourth-order valence-electron chi connectivity index (χ4n) is 2.10. The number of nitrogens with zero attached hydrogens (tertiary/aromatic N) is 1. The Kier molecular flexibility index (Phi) is 6.12. The quantitative estimate of drug-likeness (QED) is 0.610. The number of carboxylic acid groups (broad SMARTS) is 1. The van der Waals surface area contributed by atoms with Crippen molar-refractivity contribution in [1.82, 2.24) is 10.2 Å². The van der Waals surface area contributed by atoms with Gasteiger partial charge in [-0.25, -0.2) is 4.79 Å². The van der Waals surface area contributed by atoms with Gasteiger partial charge in [0.15, 0.2) is 0 Å². The number of hydrogen-bond acceptors (Lipinski definition) is 4. The summed E-state index contributed by atoms with van der Waals surface area (Å²) in [6.45, 7) is 2.48. The number of carboxylic acids is 1. The molecule has 8 heteroatoms. The van der Waals surface area contributed by atoms with Crippen LogP contribution in [0.15, 0.2) is 0 Å². The fraction of sp³-hybridized carbons (Fsp3) is 0.750. The van der Waals surface area contributed by atoms with Gasteiger partial charge in [-0.15, -0.1) is 0 Å². The second-order valence-corrected chi connectivity index (χ2v) is 5.96. The van der Waals surface area contributed by atoms with Crippen LogP contribution in [0.2, 0.25) is 0 Å². The number of rotatable bonds is 7. The summed E-state index contributed by atoms with van der Waals surface area (Å²) < 4.78 is 0. The van der Waals surface area contributed by atoms with Crippen molar-refractivity contribution in [3.8, 4) is 0 Å². The van der Waals surface area contributed by atoms with E-state index < -0.39 is 24.0 Å². The van der Waals surface area contributed by atoms with Crippen molar-refractivity contribution in [3.63, 3.8) is 0 Å². The van der Waals surface area contributed by atoms with Crippen molar-refractivity contribution < 1.29 is 19.5 Å². The lowest BCUT2D eigenvalue weighted by Gasteiger charge is -2.42. The Balaban J connectivity index is 2.51. The molecule has 1 saturated heterocycles. The van der Waals surface area contributed by atoms with Crippen LogP contribution in [0.3, 0.4) is 0 Å². The number of thioether (sulfide) groups is 1. The van der Waals surface area contributed by atoms with E-state index in [-0.39, 0.29) is 11.8 Å². The molecule has 7 nitrogen and oxygen atoms in total. The summed E-state index contributed by atoms with van der Waals surface area (Å²) in [5, 5.41) is 11.4. The first-order chi connectivity index (χ1) is 9.36. The Labute approximate surface area is 122 Å². The third kappa shape index (κ3) is 4.29. The Hall–Kier alpha value is -1.44. The Bertz CT molecular complexity index is 385. The fourth-order valence-corrected chi connectivity index (χ4v) is 2.57. The first-order valence-corrected chi connectivity index (χ1v) is 7.82. The van der Waals surface area contributed by atoms with Gasteiger partial charge in [0.2, 0.25) is 5.91 Å². The SMILES string of the molecule is CSCCC(NC(N)=O)C(=O)N1CC(C(C)C(=O)O)C1. The first-order valence-electron chi connectivity index (χ1n) is 6.43. The van der Waals surface area contributed by atoms with E-state index >= 15 is 0 Å². The summed E-state index contributed by atoms with van der Waals surface area (Å²) in [5.74, 6) is -0.790. The van der Waals surface area contributed by atoms with Crippen LogP contribution in [-0.4, -0.2) is 59.1 Å². The third-order valence-corrected chi connectivity index (χ3v) is 4.19. The van der Waals surface area contributed by atoms with Crippen LogP contribution < -0.4 is 11.1 Å². The van der Waals surface area contributed by atoms with Crippen molar-refractivity contribution in [2.24, 2.45) is 17.6 Å². The van der Waals surface area contributed by atoms with Crippen molar-refractivity contribution >= 4 is 29.7 Å². The van der Waals surface area contributed by atoms with Crippen LogP contribution in [0, 0.1) is 11.8 Å². The van der Waals surface area contributed by atoms with Gasteiger partial charge in [-0.1, -0.05) is 6.92 Å². The molecular formula is C12H21N3O4S. The lowest BCUT2D eigenvalue weighted by Crippen LogP contribution is -2.59. The number of hydrogen-bond donors (Lipinski definition) is 3. The number of nitrogens with one attached hydrogen (secondary N) is 1. The second-order valence-electron chi connectivity index (χ2n) is 4.97. The van der Waals surface area contributed by atoms with Gasteiger partial charge in [0.1, 0.15) is 6.04 Å². The molecule has 2 unspecified atom stereocenters. The van der Waals surface area contributed by atoms with E-state index in [1.807, 2.05) is 6.26 Å². The largest absolute Gasteiger partial charge is 0.481 e. The number of nitrogens with two attached hydrogens (primary N) is 1. The van der Waals surface area contributed by atoms with Crippen LogP contribution in [0.25, 0.3) is 0 Å². The molecule has 0 saturated carbocycles. The Morgan fingerprint density at radius 1 is 1.45 bits per heavy atom. The molecule has 1 rings (SSSR count). The van der Waals surface area contributed by atoms with Crippen LogP contribution in [0.5, 0.6) is 0 Å². The predicted molar refractivity (Wildman–Crippen MR) is 76.4 cm³/mol. The molecule has 0 spiro atoms. The number of carbonyl (C=O) groups is 3. The summed E-state index contributed by atoms with van der Waals surface area (Å²) in [4.78, 5) is 35.6. The minimum atomic E-state index is -0.851. The topological polar surface area (TPSA) is 113 Å². The van der Waals surface area contributed by atoms with Crippen molar-refractivity contribution in [3.05, 3.63) is 0 Å². The zero-order valence-electron chi connectivity index (χ0n) is 11.7. The van der Waals surface area contributed by atoms with Gasteiger partial charge in [0, 0.05) is 19.0 Å². The molecule has 1 aliphatic rings. The van der Waals surface area contributed by atoms with Crippen molar-refractivity contribution in [2.75, 3.05) is 25.1 Å². The van der Waals surface area contributed by atoms with E-state index in [9.17, 15) is 14.4 Å². The molecule has 1 heterocycles. The Morgan fingerprint density at radius 3 is 2.50 bits per heavy atom. The van der Waals surface area contributed by atoms with Gasteiger partial charge >= 0.3 is 12.0 Å². The highest BCUT2D eigenvalue weighted by Crippen LogP contribution is 2.25. The van der Waals surface area contributed by atoms with E-state index in [0.29, 0.717) is 19.5 Å². The van der Waals surface area contributed by atoms with Gasteiger partial charge in [-0.2, -0.15) is 11.8 Å². The molecule has 0 radical (unpaired) electrons. The molecule has 0 bridgehead atoms. The third-order valence-electron chi connectivity index (χ3n) is 3.54. The number of carbonyl (C=O) groups excluding carboxylic acids is 2. The number of aliphatic carboxylic acids is 1. The van der Waals surface area contributed by atoms with Crippen molar-refractivity contribution in [1.29, 1.82) is 0 Å². The molecule has 4 N–H and O–H groups in total. The number of primary amides is 1. The van der Waals surface area contributed by atoms with Gasteiger partial charge < -0.3 is 21.1 Å². The molecule has 0 aliphatic carbocycles. The summed E-state index contributed by atoms with van der Waals surface area (Å²) in [7, 11) is 0. The molecular weight excluding hydrogens is 282 g/mol. The minimum Gasteiger partial charge on any atom is -0.481 e. The average molecular weight is 303 g/mol. The van der Waals surface area contributed by atoms with Crippen LogP contribution in [-0.2, 0) is 9.59 Å². The Morgan fingerprint density at radius 2 is 2.05 bits per heavy atom. The highest BCUT2D eigenvalue weighted by Gasteiger charge is 2.39. The van der Waals surface area contributed by atoms with E-state index in [2.05, 4.69) is 5.32 Å². The minimum absolute atomic E-state index is 0.0220.